The Morgan fingerprint density at radius 1 is 0.750 bits per heavy atom. The molecule has 0 aliphatic carbocycles. The fraction of sp³-hybridized carbons (Fsp3) is 0.515. The molecular weight excluding hydrogens is 502 g/mol. The first-order valence-electron chi connectivity index (χ1n) is 13.7. The van der Waals surface area contributed by atoms with E-state index < -0.39 is 11.2 Å². The van der Waals surface area contributed by atoms with E-state index in [4.69, 9.17) is 18.9 Å². The van der Waals surface area contributed by atoms with Crippen LogP contribution in [0, 0.1) is 11.8 Å². The van der Waals surface area contributed by atoms with E-state index in [0.29, 0.717) is 30.5 Å². The summed E-state index contributed by atoms with van der Waals surface area (Å²) in [6.45, 7) is 22.7. The van der Waals surface area contributed by atoms with Crippen LogP contribution in [0.1, 0.15) is 81.7 Å². The third-order valence-electron chi connectivity index (χ3n) is 5.41. The van der Waals surface area contributed by atoms with Gasteiger partial charge in [-0.25, -0.2) is 9.97 Å². The van der Waals surface area contributed by atoms with Crippen LogP contribution in [0.5, 0.6) is 11.5 Å². The molecule has 1 N–H and O–H groups in total. The lowest BCUT2D eigenvalue weighted by Gasteiger charge is -2.34. The zero-order chi connectivity index (χ0) is 29.8. The molecule has 7 nitrogen and oxygen atoms in total. The van der Waals surface area contributed by atoms with Gasteiger partial charge in [0.25, 0.3) is 0 Å². The molecular formula is C33H45N3O4. The molecule has 1 heterocycles. The van der Waals surface area contributed by atoms with Crippen molar-refractivity contribution in [1.29, 1.82) is 0 Å². The molecule has 0 fully saturated rings. The van der Waals surface area contributed by atoms with Crippen LogP contribution in [0.25, 0.3) is 10.9 Å². The molecule has 2 aromatic carbocycles. The Morgan fingerprint density at radius 3 is 1.88 bits per heavy atom. The summed E-state index contributed by atoms with van der Waals surface area (Å²) in [6, 6.07) is 11.7. The highest BCUT2D eigenvalue weighted by Crippen LogP contribution is 2.37. The number of hydrogen-bond acceptors (Lipinski definition) is 7. The van der Waals surface area contributed by atoms with E-state index in [1.54, 1.807) is 0 Å². The standard InChI is InChI=1S/C33H45N3O4/c1-12-14-23-15-13-16-24(17-23)36-29-25-18-27(37-20-32(8,9)39-30(2,3)4)28(19-26(25)34-22-35-29)38-21-33(10,11)40-31(5,6)7/h13,15-19,22H,20-21H2,1-11H3,(H,34,35,36). The Balaban J connectivity index is 1.99. The van der Waals surface area contributed by atoms with Gasteiger partial charge in [0.15, 0.2) is 11.5 Å². The molecule has 1 aromatic heterocycles. The first-order valence-corrected chi connectivity index (χ1v) is 13.7. The zero-order valence-electron chi connectivity index (χ0n) is 26.0. The highest BCUT2D eigenvalue weighted by Gasteiger charge is 2.29. The summed E-state index contributed by atoms with van der Waals surface area (Å²) < 4.78 is 25.2. The number of nitrogens with zero attached hydrogens (tertiary/aromatic N) is 2. The van der Waals surface area contributed by atoms with Crippen LogP contribution < -0.4 is 14.8 Å². The van der Waals surface area contributed by atoms with Gasteiger partial charge in [-0.15, -0.1) is 5.92 Å². The lowest BCUT2D eigenvalue weighted by atomic mass is 10.1. The molecule has 0 atom stereocenters. The van der Waals surface area contributed by atoms with Crippen molar-refractivity contribution in [2.45, 2.75) is 98.6 Å². The molecule has 0 amide bonds. The van der Waals surface area contributed by atoms with E-state index in [-0.39, 0.29) is 11.2 Å². The Bertz CT molecular complexity index is 1370. The van der Waals surface area contributed by atoms with E-state index in [1.165, 1.54) is 6.33 Å². The molecule has 3 rings (SSSR count). The molecule has 0 saturated carbocycles. The molecule has 0 aliphatic rings. The average molecular weight is 548 g/mol. The summed E-state index contributed by atoms with van der Waals surface area (Å²) in [7, 11) is 0. The van der Waals surface area contributed by atoms with Gasteiger partial charge in [-0.3, -0.25) is 0 Å². The molecule has 0 aliphatic heterocycles. The lowest BCUT2D eigenvalue weighted by Crippen LogP contribution is -2.40. The lowest BCUT2D eigenvalue weighted by molar-refractivity contribution is -0.131. The first kappa shape index (κ1) is 31.2. The van der Waals surface area contributed by atoms with Gasteiger partial charge in [-0.2, -0.15) is 0 Å². The Hall–Kier alpha value is -3.34. The number of anilines is 2. The van der Waals surface area contributed by atoms with Crippen LogP contribution in [-0.4, -0.2) is 45.6 Å². The highest BCUT2D eigenvalue weighted by molar-refractivity contribution is 5.93. The fourth-order valence-corrected chi connectivity index (χ4v) is 4.56. The third-order valence-corrected chi connectivity index (χ3v) is 5.41. The molecule has 40 heavy (non-hydrogen) atoms. The third kappa shape index (κ3) is 9.69. The van der Waals surface area contributed by atoms with E-state index >= 15 is 0 Å². The molecule has 0 spiro atoms. The van der Waals surface area contributed by atoms with Gasteiger partial charge < -0.3 is 24.3 Å². The summed E-state index contributed by atoms with van der Waals surface area (Å²) in [5.74, 6) is 7.85. The van der Waals surface area contributed by atoms with Crippen molar-refractivity contribution in [3.8, 4) is 23.3 Å². The van der Waals surface area contributed by atoms with Crippen molar-refractivity contribution in [3.63, 3.8) is 0 Å². The smallest absolute Gasteiger partial charge is 0.163 e. The van der Waals surface area contributed by atoms with E-state index in [2.05, 4.69) is 27.1 Å². The van der Waals surface area contributed by atoms with Gasteiger partial charge in [0, 0.05) is 22.7 Å². The maximum Gasteiger partial charge on any atom is 0.163 e. The quantitative estimate of drug-likeness (QED) is 0.261. The largest absolute Gasteiger partial charge is 0.487 e. The number of fused-ring (bicyclic) bond motifs is 1. The first-order chi connectivity index (χ1) is 18.5. The van der Waals surface area contributed by atoms with Gasteiger partial charge in [-0.05, 0) is 100 Å². The Kier molecular flexibility index (Phi) is 9.39. The number of nitrogens with one attached hydrogen (secondary N) is 1. The number of benzene rings is 2. The maximum atomic E-state index is 6.39. The van der Waals surface area contributed by atoms with Gasteiger partial charge in [0.05, 0.1) is 27.9 Å². The van der Waals surface area contributed by atoms with Crippen LogP contribution in [0.2, 0.25) is 0 Å². The van der Waals surface area contributed by atoms with Gasteiger partial charge in [0.1, 0.15) is 25.4 Å². The summed E-state index contributed by atoms with van der Waals surface area (Å²) in [4.78, 5) is 9.06. The summed E-state index contributed by atoms with van der Waals surface area (Å²) in [5, 5.41) is 4.22. The van der Waals surface area contributed by atoms with Crippen LogP contribution in [-0.2, 0) is 9.47 Å². The van der Waals surface area contributed by atoms with E-state index in [0.717, 1.165) is 22.2 Å². The Labute approximate surface area is 240 Å². The minimum absolute atomic E-state index is 0.308. The summed E-state index contributed by atoms with van der Waals surface area (Å²) in [5.41, 5.74) is 0.848. The molecule has 0 unspecified atom stereocenters. The topological polar surface area (TPSA) is 74.7 Å². The number of rotatable bonds is 10. The highest BCUT2D eigenvalue weighted by atomic mass is 16.6. The predicted molar refractivity (Wildman–Crippen MR) is 163 cm³/mol. The van der Waals surface area contributed by atoms with E-state index in [9.17, 15) is 0 Å². The van der Waals surface area contributed by atoms with E-state index in [1.807, 2.05) is 113 Å². The monoisotopic (exact) mass is 547 g/mol. The fourth-order valence-electron chi connectivity index (χ4n) is 4.56. The predicted octanol–water partition coefficient (Wildman–Crippen LogP) is 7.69. The van der Waals surface area contributed by atoms with Gasteiger partial charge >= 0.3 is 0 Å². The molecule has 0 saturated heterocycles. The molecule has 0 bridgehead atoms. The second-order valence-corrected chi connectivity index (χ2v) is 13.1. The van der Waals surface area contributed by atoms with Crippen LogP contribution in [0.4, 0.5) is 11.5 Å². The molecule has 7 heteroatoms. The van der Waals surface area contributed by atoms with Crippen LogP contribution in [0.3, 0.4) is 0 Å². The minimum Gasteiger partial charge on any atom is -0.487 e. The summed E-state index contributed by atoms with van der Waals surface area (Å²) in [6.07, 6.45) is 1.54. The second-order valence-electron chi connectivity index (χ2n) is 13.1. The minimum atomic E-state index is -0.534. The molecule has 3 aromatic rings. The van der Waals surface area contributed by atoms with Crippen LogP contribution >= 0.6 is 0 Å². The molecule has 216 valence electrons. The van der Waals surface area contributed by atoms with Crippen molar-refractivity contribution in [2.75, 3.05) is 18.5 Å². The number of ether oxygens (including phenoxy) is 4. The van der Waals surface area contributed by atoms with Gasteiger partial charge in [-0.1, -0.05) is 12.0 Å². The van der Waals surface area contributed by atoms with Crippen molar-refractivity contribution in [2.24, 2.45) is 0 Å². The second kappa shape index (κ2) is 12.0. The SMILES string of the molecule is CC#Cc1cccc(Nc2ncnc3cc(OCC(C)(C)OC(C)(C)C)c(OCC(C)(C)OC(C)(C)C)cc23)c1. The normalized spacial score (nSPS) is 12.6. The maximum absolute atomic E-state index is 6.39. The average Bonchev–Trinajstić information content (AvgIpc) is 2.79. The number of aromatic nitrogens is 2. The zero-order valence-corrected chi connectivity index (χ0v) is 26.0. The van der Waals surface area contributed by atoms with Crippen molar-refractivity contribution < 1.29 is 18.9 Å². The number of hydrogen-bond donors (Lipinski definition) is 1. The van der Waals surface area contributed by atoms with Crippen molar-refractivity contribution in [3.05, 3.63) is 48.3 Å². The molecule has 0 radical (unpaired) electrons. The Morgan fingerprint density at radius 2 is 1.32 bits per heavy atom. The van der Waals surface area contributed by atoms with Crippen molar-refractivity contribution >= 4 is 22.4 Å². The van der Waals surface area contributed by atoms with Crippen molar-refractivity contribution in [1.82, 2.24) is 9.97 Å². The summed E-state index contributed by atoms with van der Waals surface area (Å²) >= 11 is 0. The van der Waals surface area contributed by atoms with Gasteiger partial charge in [0.2, 0.25) is 0 Å². The van der Waals surface area contributed by atoms with Crippen LogP contribution in [0.15, 0.2) is 42.7 Å².